The predicted molar refractivity (Wildman–Crippen MR) is 136 cm³/mol. The molecule has 3 heterocycles. The van der Waals surface area contributed by atoms with Gasteiger partial charge in [-0.05, 0) is 56.7 Å². The Morgan fingerprint density at radius 1 is 1.00 bits per heavy atom. The maximum absolute atomic E-state index is 12.9. The third kappa shape index (κ3) is 7.89. The Kier molecular flexibility index (Phi) is 9.74. The minimum Gasteiger partial charge on any atom is -0.394 e. The van der Waals surface area contributed by atoms with E-state index in [-0.39, 0.29) is 37.0 Å². The fraction of sp³-hybridized carbons (Fsp3) is 0.643. The topological polar surface area (TPSA) is 82.1 Å². The van der Waals surface area contributed by atoms with Crippen molar-refractivity contribution in [3.05, 3.63) is 48.0 Å². The minimum absolute atomic E-state index is 0.0276. The van der Waals surface area contributed by atoms with Crippen molar-refractivity contribution >= 4 is 11.8 Å². The first-order chi connectivity index (χ1) is 17.1. The van der Waals surface area contributed by atoms with Gasteiger partial charge in [0.05, 0.1) is 25.2 Å². The number of likely N-dealkylation sites (tertiary alicyclic amines) is 2. The summed E-state index contributed by atoms with van der Waals surface area (Å²) in [5.41, 5.74) is 1.36. The Morgan fingerprint density at radius 2 is 1.74 bits per heavy atom. The van der Waals surface area contributed by atoms with E-state index in [1.165, 1.54) is 24.8 Å². The molecule has 0 aliphatic carbocycles. The van der Waals surface area contributed by atoms with Crippen LogP contribution < -0.4 is 5.32 Å². The standard InChI is InChI=1S/C28H41N3O4/c32-21-26-25(29-27(33)13-16-30-14-5-2-6-15-30)10-9-24(35-26)20-28(34)31-17-11-23(12-18-31)19-22-7-3-1-4-8-22/h1,3-4,7-10,23-26,32H,2,5-6,11-21H2,(H,29,33)/t24-,25-,26+/m0/s1. The lowest BCUT2D eigenvalue weighted by atomic mass is 9.90. The van der Waals surface area contributed by atoms with Crippen molar-refractivity contribution in [3.63, 3.8) is 0 Å². The van der Waals surface area contributed by atoms with E-state index in [1.54, 1.807) is 0 Å². The van der Waals surface area contributed by atoms with Gasteiger partial charge in [-0.15, -0.1) is 0 Å². The molecule has 0 bridgehead atoms. The average Bonchev–Trinajstić information content (AvgIpc) is 2.90. The molecule has 2 amide bonds. The molecule has 4 rings (SSSR count). The zero-order valence-electron chi connectivity index (χ0n) is 20.8. The molecule has 0 radical (unpaired) electrons. The van der Waals surface area contributed by atoms with Crippen LogP contribution in [0.15, 0.2) is 42.5 Å². The van der Waals surface area contributed by atoms with Crippen molar-refractivity contribution in [1.82, 2.24) is 15.1 Å². The molecule has 2 fully saturated rings. The van der Waals surface area contributed by atoms with Crippen molar-refractivity contribution < 1.29 is 19.4 Å². The molecule has 3 atom stereocenters. The number of rotatable bonds is 9. The van der Waals surface area contributed by atoms with Crippen molar-refractivity contribution in [3.8, 4) is 0 Å². The molecule has 192 valence electrons. The number of piperidine rings is 2. The van der Waals surface area contributed by atoms with Gasteiger partial charge in [0.2, 0.25) is 11.8 Å². The number of benzene rings is 1. The molecule has 7 heteroatoms. The van der Waals surface area contributed by atoms with E-state index in [0.29, 0.717) is 12.3 Å². The fourth-order valence-corrected chi connectivity index (χ4v) is 5.47. The van der Waals surface area contributed by atoms with E-state index < -0.39 is 6.10 Å². The summed E-state index contributed by atoms with van der Waals surface area (Å²) in [7, 11) is 0. The summed E-state index contributed by atoms with van der Waals surface area (Å²) >= 11 is 0. The molecule has 7 nitrogen and oxygen atoms in total. The van der Waals surface area contributed by atoms with Crippen LogP contribution in [0.2, 0.25) is 0 Å². The van der Waals surface area contributed by atoms with Gasteiger partial charge in [0, 0.05) is 26.1 Å². The normalized spacial score (nSPS) is 26.0. The van der Waals surface area contributed by atoms with Gasteiger partial charge in [-0.3, -0.25) is 9.59 Å². The Labute approximate surface area is 209 Å². The number of hydrogen-bond donors (Lipinski definition) is 2. The van der Waals surface area contributed by atoms with Gasteiger partial charge in [-0.2, -0.15) is 0 Å². The number of aliphatic hydroxyl groups excluding tert-OH is 1. The molecule has 0 spiro atoms. The first-order valence-electron chi connectivity index (χ1n) is 13.4. The van der Waals surface area contributed by atoms with E-state index in [1.807, 2.05) is 23.1 Å². The van der Waals surface area contributed by atoms with Gasteiger partial charge in [0.15, 0.2) is 0 Å². The Bertz CT molecular complexity index is 832. The summed E-state index contributed by atoms with van der Waals surface area (Å²) in [5, 5.41) is 12.8. The number of aliphatic hydroxyl groups is 1. The lowest BCUT2D eigenvalue weighted by molar-refractivity contribution is -0.137. The monoisotopic (exact) mass is 483 g/mol. The second kappa shape index (κ2) is 13.2. The first kappa shape index (κ1) is 25.9. The quantitative estimate of drug-likeness (QED) is 0.528. The molecule has 35 heavy (non-hydrogen) atoms. The minimum atomic E-state index is -0.534. The van der Waals surface area contributed by atoms with Gasteiger partial charge in [0.1, 0.15) is 6.10 Å². The highest BCUT2D eigenvalue weighted by atomic mass is 16.5. The van der Waals surface area contributed by atoms with E-state index in [9.17, 15) is 14.7 Å². The zero-order chi connectivity index (χ0) is 24.5. The molecule has 3 aliphatic rings. The van der Waals surface area contributed by atoms with Crippen molar-refractivity contribution in [2.24, 2.45) is 5.92 Å². The number of carbonyl (C=O) groups excluding carboxylic acids is 2. The highest BCUT2D eigenvalue weighted by Crippen LogP contribution is 2.23. The number of nitrogens with one attached hydrogen (secondary N) is 1. The molecule has 3 aliphatic heterocycles. The molecule has 0 saturated carbocycles. The molecule has 1 aromatic carbocycles. The lowest BCUT2D eigenvalue weighted by Crippen LogP contribution is -2.50. The predicted octanol–water partition coefficient (Wildman–Crippen LogP) is 2.53. The highest BCUT2D eigenvalue weighted by molar-refractivity contribution is 5.77. The van der Waals surface area contributed by atoms with Gasteiger partial charge in [-0.1, -0.05) is 48.9 Å². The van der Waals surface area contributed by atoms with Crippen molar-refractivity contribution in [2.45, 2.75) is 69.6 Å². The van der Waals surface area contributed by atoms with Crippen LogP contribution in [0, 0.1) is 5.92 Å². The maximum atomic E-state index is 12.9. The van der Waals surface area contributed by atoms with Gasteiger partial charge >= 0.3 is 0 Å². The third-order valence-electron chi connectivity index (χ3n) is 7.60. The Balaban J connectivity index is 1.19. The Hall–Kier alpha value is -2.22. The van der Waals surface area contributed by atoms with E-state index in [4.69, 9.17) is 4.74 Å². The van der Waals surface area contributed by atoms with Crippen LogP contribution in [0.3, 0.4) is 0 Å². The van der Waals surface area contributed by atoms with Crippen molar-refractivity contribution in [1.29, 1.82) is 0 Å². The zero-order valence-corrected chi connectivity index (χ0v) is 20.8. The summed E-state index contributed by atoms with van der Waals surface area (Å²) < 4.78 is 6.00. The lowest BCUT2D eigenvalue weighted by Gasteiger charge is -2.35. The SMILES string of the molecule is O=C(CCN1CCCCC1)N[C@H]1C=C[C@@H](CC(=O)N2CCC(Cc3ccccc3)CC2)O[C@@H]1CO. The van der Waals surface area contributed by atoms with Crippen LogP contribution in [-0.2, 0) is 20.7 Å². The van der Waals surface area contributed by atoms with E-state index >= 15 is 0 Å². The molecular formula is C28H41N3O4. The molecule has 2 saturated heterocycles. The second-order valence-corrected chi connectivity index (χ2v) is 10.2. The van der Waals surface area contributed by atoms with Gasteiger partial charge in [0.25, 0.3) is 0 Å². The van der Waals surface area contributed by atoms with Gasteiger partial charge < -0.3 is 25.0 Å². The van der Waals surface area contributed by atoms with Gasteiger partial charge in [-0.25, -0.2) is 0 Å². The summed E-state index contributed by atoms with van der Waals surface area (Å²) in [4.78, 5) is 29.6. The highest BCUT2D eigenvalue weighted by Gasteiger charge is 2.31. The molecule has 0 unspecified atom stereocenters. The van der Waals surface area contributed by atoms with Crippen LogP contribution in [0.4, 0.5) is 0 Å². The summed E-state index contributed by atoms with van der Waals surface area (Å²) in [6.07, 6.45) is 10.4. The number of amides is 2. The van der Waals surface area contributed by atoms with E-state index in [0.717, 1.165) is 52.0 Å². The summed E-state index contributed by atoms with van der Waals surface area (Å²) in [6, 6.07) is 10.2. The fourth-order valence-electron chi connectivity index (χ4n) is 5.47. The number of hydrogen-bond acceptors (Lipinski definition) is 5. The van der Waals surface area contributed by atoms with Crippen LogP contribution >= 0.6 is 0 Å². The number of ether oxygens (including phenoxy) is 1. The van der Waals surface area contributed by atoms with Crippen LogP contribution in [-0.4, -0.2) is 84.3 Å². The number of carbonyl (C=O) groups is 2. The molecule has 2 N–H and O–H groups in total. The molecule has 1 aromatic rings. The average molecular weight is 484 g/mol. The maximum Gasteiger partial charge on any atom is 0.225 e. The summed E-state index contributed by atoms with van der Waals surface area (Å²) in [6.45, 7) is 4.28. The van der Waals surface area contributed by atoms with Crippen LogP contribution in [0.25, 0.3) is 0 Å². The Morgan fingerprint density at radius 3 is 2.46 bits per heavy atom. The molecule has 0 aromatic heterocycles. The molecular weight excluding hydrogens is 442 g/mol. The first-order valence-corrected chi connectivity index (χ1v) is 13.4. The van der Waals surface area contributed by atoms with Crippen molar-refractivity contribution in [2.75, 3.05) is 39.3 Å². The van der Waals surface area contributed by atoms with Crippen LogP contribution in [0.1, 0.15) is 50.5 Å². The second-order valence-electron chi connectivity index (χ2n) is 10.2. The number of nitrogens with zero attached hydrogens (tertiary/aromatic N) is 2. The van der Waals surface area contributed by atoms with Crippen LogP contribution in [0.5, 0.6) is 0 Å². The smallest absolute Gasteiger partial charge is 0.225 e. The summed E-state index contributed by atoms with van der Waals surface area (Å²) in [5.74, 6) is 0.684. The van der Waals surface area contributed by atoms with E-state index in [2.05, 4.69) is 34.5 Å². The third-order valence-corrected chi connectivity index (χ3v) is 7.60. The largest absolute Gasteiger partial charge is 0.394 e.